The number of hydrogen-bond acceptors (Lipinski definition) is 4. The van der Waals surface area contributed by atoms with Crippen LogP contribution in [0.25, 0.3) is 11.4 Å². The van der Waals surface area contributed by atoms with Crippen molar-refractivity contribution in [2.45, 2.75) is 38.8 Å². The first-order chi connectivity index (χ1) is 14.5. The van der Waals surface area contributed by atoms with E-state index in [2.05, 4.69) is 24.8 Å². The number of carbonyl (C=O) groups excluding carboxylic acids is 1. The fourth-order valence-electron chi connectivity index (χ4n) is 3.45. The zero-order chi connectivity index (χ0) is 21.1. The van der Waals surface area contributed by atoms with Crippen molar-refractivity contribution in [3.8, 4) is 17.1 Å². The Bertz CT molecular complexity index is 1050. The summed E-state index contributed by atoms with van der Waals surface area (Å²) in [4.78, 5) is 12.5. The Kier molecular flexibility index (Phi) is 5.94. The number of aromatic nitrogens is 3. The van der Waals surface area contributed by atoms with Gasteiger partial charge in [-0.1, -0.05) is 18.0 Å². The summed E-state index contributed by atoms with van der Waals surface area (Å²) in [6.07, 6.45) is 4.17. The second-order valence-corrected chi connectivity index (χ2v) is 7.36. The van der Waals surface area contributed by atoms with E-state index in [4.69, 9.17) is 11.6 Å². The lowest BCUT2D eigenvalue weighted by atomic mass is 10.1. The van der Waals surface area contributed by atoms with Gasteiger partial charge in [0, 0.05) is 29.8 Å². The molecule has 0 atom stereocenters. The number of fused-ring (bicyclic) bond motifs is 1. The van der Waals surface area contributed by atoms with Gasteiger partial charge < -0.3 is 14.6 Å². The number of nitrogens with zero attached hydrogens (tertiary/aromatic N) is 3. The van der Waals surface area contributed by atoms with Crippen molar-refractivity contribution in [1.82, 2.24) is 14.8 Å². The molecular weight excluding hydrogens is 414 g/mol. The molecule has 0 bridgehead atoms. The molecule has 0 radical (unpaired) electrons. The van der Waals surface area contributed by atoms with Crippen LogP contribution in [-0.2, 0) is 13.0 Å². The van der Waals surface area contributed by atoms with Crippen molar-refractivity contribution in [1.29, 1.82) is 0 Å². The maximum Gasteiger partial charge on any atom is 0.387 e. The molecule has 0 saturated heterocycles. The maximum absolute atomic E-state index is 12.5. The molecule has 1 aliphatic rings. The molecule has 0 fully saturated rings. The fraction of sp³-hybridized carbons (Fsp3) is 0.286. The van der Waals surface area contributed by atoms with E-state index in [1.807, 2.05) is 0 Å². The first-order valence-electron chi connectivity index (χ1n) is 9.59. The first kappa shape index (κ1) is 20.3. The van der Waals surface area contributed by atoms with Crippen molar-refractivity contribution in [2.75, 3.05) is 5.32 Å². The Morgan fingerprint density at radius 1 is 1.10 bits per heavy atom. The minimum absolute atomic E-state index is 0.0113. The zero-order valence-corrected chi connectivity index (χ0v) is 16.7. The van der Waals surface area contributed by atoms with E-state index in [1.165, 1.54) is 24.3 Å². The Morgan fingerprint density at radius 3 is 2.67 bits per heavy atom. The van der Waals surface area contributed by atoms with Crippen LogP contribution in [-0.4, -0.2) is 27.3 Å². The van der Waals surface area contributed by atoms with Crippen molar-refractivity contribution in [2.24, 2.45) is 0 Å². The van der Waals surface area contributed by atoms with Gasteiger partial charge in [-0.05, 0) is 55.3 Å². The number of benzene rings is 2. The van der Waals surface area contributed by atoms with Gasteiger partial charge in [-0.15, -0.1) is 10.2 Å². The predicted octanol–water partition coefficient (Wildman–Crippen LogP) is 5.18. The smallest absolute Gasteiger partial charge is 0.387 e. The van der Waals surface area contributed by atoms with Gasteiger partial charge in [0.05, 0.1) is 5.02 Å². The fourth-order valence-corrected chi connectivity index (χ4v) is 3.65. The second-order valence-electron chi connectivity index (χ2n) is 6.95. The summed E-state index contributed by atoms with van der Waals surface area (Å²) in [6, 6.07) is 10.6. The van der Waals surface area contributed by atoms with Crippen LogP contribution < -0.4 is 10.1 Å². The van der Waals surface area contributed by atoms with Crippen LogP contribution in [0.2, 0.25) is 5.02 Å². The molecule has 156 valence electrons. The third kappa shape index (κ3) is 4.43. The molecule has 1 aromatic heterocycles. The van der Waals surface area contributed by atoms with E-state index in [1.54, 1.807) is 18.2 Å². The highest BCUT2D eigenvalue weighted by atomic mass is 35.5. The van der Waals surface area contributed by atoms with Gasteiger partial charge in [-0.2, -0.15) is 8.78 Å². The summed E-state index contributed by atoms with van der Waals surface area (Å²) >= 11 is 6.41. The minimum atomic E-state index is -2.91. The SMILES string of the molecule is O=C(Nc1ccc(Cl)c(-c2nnc3n2CCCCC3)c1)c1ccc(OC(F)F)cc1. The molecule has 1 N–H and O–H groups in total. The topological polar surface area (TPSA) is 69.0 Å². The zero-order valence-electron chi connectivity index (χ0n) is 15.9. The summed E-state index contributed by atoms with van der Waals surface area (Å²) < 4.78 is 30.9. The van der Waals surface area contributed by atoms with Gasteiger partial charge in [0.25, 0.3) is 5.91 Å². The number of amides is 1. The van der Waals surface area contributed by atoms with E-state index in [9.17, 15) is 13.6 Å². The lowest BCUT2D eigenvalue weighted by Crippen LogP contribution is -2.12. The summed E-state index contributed by atoms with van der Waals surface area (Å²) in [7, 11) is 0. The molecule has 9 heteroatoms. The Morgan fingerprint density at radius 2 is 1.90 bits per heavy atom. The summed E-state index contributed by atoms with van der Waals surface area (Å²) in [5, 5.41) is 11.9. The van der Waals surface area contributed by atoms with E-state index in [0.29, 0.717) is 27.7 Å². The molecular formula is C21H19ClF2N4O2. The molecule has 3 aromatic rings. The third-order valence-electron chi connectivity index (χ3n) is 4.92. The van der Waals surface area contributed by atoms with Gasteiger partial charge >= 0.3 is 6.61 Å². The molecule has 0 saturated carbocycles. The van der Waals surface area contributed by atoms with Crippen LogP contribution in [0.15, 0.2) is 42.5 Å². The number of carbonyl (C=O) groups is 1. The average Bonchev–Trinajstić information content (AvgIpc) is 2.97. The van der Waals surface area contributed by atoms with Crippen LogP contribution in [0, 0.1) is 0 Å². The first-order valence-corrected chi connectivity index (χ1v) is 9.97. The highest BCUT2D eigenvalue weighted by Gasteiger charge is 2.19. The number of ether oxygens (including phenoxy) is 1. The maximum atomic E-state index is 12.5. The molecule has 6 nitrogen and oxygen atoms in total. The van der Waals surface area contributed by atoms with E-state index in [0.717, 1.165) is 38.1 Å². The number of anilines is 1. The lowest BCUT2D eigenvalue weighted by molar-refractivity contribution is -0.0498. The van der Waals surface area contributed by atoms with Gasteiger partial charge in [0.2, 0.25) is 0 Å². The molecule has 0 unspecified atom stereocenters. The van der Waals surface area contributed by atoms with Crippen molar-refractivity contribution in [3.63, 3.8) is 0 Å². The van der Waals surface area contributed by atoms with Gasteiger partial charge in [0.15, 0.2) is 5.82 Å². The summed E-state index contributed by atoms with van der Waals surface area (Å²) in [6.45, 7) is -2.08. The number of halogens is 3. The normalized spacial score (nSPS) is 13.6. The van der Waals surface area contributed by atoms with Gasteiger partial charge in [-0.25, -0.2) is 0 Å². The lowest BCUT2D eigenvalue weighted by Gasteiger charge is -2.11. The molecule has 2 heterocycles. The largest absolute Gasteiger partial charge is 0.435 e. The van der Waals surface area contributed by atoms with E-state index < -0.39 is 6.61 Å². The van der Waals surface area contributed by atoms with Crippen LogP contribution >= 0.6 is 11.6 Å². The molecule has 2 aromatic carbocycles. The predicted molar refractivity (Wildman–Crippen MR) is 109 cm³/mol. The van der Waals surface area contributed by atoms with Crippen molar-refractivity contribution >= 4 is 23.2 Å². The number of nitrogens with one attached hydrogen (secondary N) is 1. The van der Waals surface area contributed by atoms with E-state index in [-0.39, 0.29) is 11.7 Å². The molecule has 4 rings (SSSR count). The molecule has 1 amide bonds. The van der Waals surface area contributed by atoms with Crippen LogP contribution in [0.1, 0.15) is 35.4 Å². The third-order valence-corrected chi connectivity index (χ3v) is 5.25. The quantitative estimate of drug-likeness (QED) is 0.603. The average molecular weight is 433 g/mol. The Labute approximate surface area is 176 Å². The summed E-state index contributed by atoms with van der Waals surface area (Å²) in [5.41, 5.74) is 1.54. The molecule has 0 aliphatic carbocycles. The monoisotopic (exact) mass is 432 g/mol. The Balaban J connectivity index is 1.55. The number of rotatable bonds is 5. The van der Waals surface area contributed by atoms with Gasteiger partial charge in [0.1, 0.15) is 11.6 Å². The van der Waals surface area contributed by atoms with Crippen LogP contribution in [0.4, 0.5) is 14.5 Å². The van der Waals surface area contributed by atoms with Crippen molar-refractivity contribution in [3.05, 3.63) is 58.9 Å². The van der Waals surface area contributed by atoms with Crippen molar-refractivity contribution < 1.29 is 18.3 Å². The highest BCUT2D eigenvalue weighted by Crippen LogP contribution is 2.31. The number of aryl methyl sites for hydroxylation is 1. The number of alkyl halides is 2. The molecule has 1 aliphatic heterocycles. The number of hydrogen-bond donors (Lipinski definition) is 1. The highest BCUT2D eigenvalue weighted by molar-refractivity contribution is 6.33. The standard InChI is InChI=1S/C21H19ClF2N4O2/c22-17-10-7-14(25-20(29)13-5-8-15(9-6-13)30-21(23)24)12-16(17)19-27-26-18-4-2-1-3-11-28(18)19/h5-10,12,21H,1-4,11H2,(H,25,29). The van der Waals surface area contributed by atoms with Crippen LogP contribution in [0.5, 0.6) is 5.75 Å². The molecule has 30 heavy (non-hydrogen) atoms. The molecule has 0 spiro atoms. The second kappa shape index (κ2) is 8.79. The van der Waals surface area contributed by atoms with Crippen LogP contribution in [0.3, 0.4) is 0 Å². The summed E-state index contributed by atoms with van der Waals surface area (Å²) in [5.74, 6) is 1.23. The Hall–Kier alpha value is -3.00. The minimum Gasteiger partial charge on any atom is -0.435 e. The van der Waals surface area contributed by atoms with E-state index >= 15 is 0 Å². The van der Waals surface area contributed by atoms with Gasteiger partial charge in [-0.3, -0.25) is 4.79 Å².